The largest absolute Gasteiger partial charge is 0.445 e. The second-order valence-corrected chi connectivity index (χ2v) is 6.90. The quantitative estimate of drug-likeness (QED) is 0.493. The SMILES string of the molecule is C=C/C=C(\C=C)COC(=O)N1CCC(CCC(=O)N2CC(C=O)C2)CC1. The average molecular weight is 360 g/mol. The van der Waals surface area contributed by atoms with E-state index in [1.165, 1.54) is 0 Å². The Kier molecular flexibility index (Phi) is 7.63. The Morgan fingerprint density at radius 2 is 1.81 bits per heavy atom. The molecule has 6 heteroatoms. The third kappa shape index (κ3) is 5.58. The standard InChI is InChI=1S/C20H28N2O4/c1-3-5-16(4-2)15-26-20(25)21-10-8-17(9-11-21)6-7-19(24)22-12-18(13-22)14-23/h3-5,14,17-18H,1-2,6-13,15H2/b16-5+. The maximum Gasteiger partial charge on any atom is 0.410 e. The van der Waals surface area contributed by atoms with Gasteiger partial charge in [-0.05, 0) is 30.8 Å². The zero-order valence-corrected chi connectivity index (χ0v) is 15.3. The first-order chi connectivity index (χ1) is 12.6. The number of allylic oxidation sites excluding steroid dienone is 2. The van der Waals surface area contributed by atoms with Crippen LogP contribution in [-0.2, 0) is 14.3 Å². The first-order valence-corrected chi connectivity index (χ1v) is 9.16. The number of nitrogens with zero attached hydrogens (tertiary/aromatic N) is 2. The number of carbonyl (C=O) groups excluding carboxylic acids is 3. The van der Waals surface area contributed by atoms with Crippen molar-refractivity contribution in [3.8, 4) is 0 Å². The fraction of sp³-hybridized carbons (Fsp3) is 0.550. The van der Waals surface area contributed by atoms with E-state index >= 15 is 0 Å². The fourth-order valence-corrected chi connectivity index (χ4v) is 3.26. The number of likely N-dealkylation sites (tertiary alicyclic amines) is 2. The number of amides is 2. The summed E-state index contributed by atoms with van der Waals surface area (Å²) in [6, 6.07) is 0. The van der Waals surface area contributed by atoms with Crippen molar-refractivity contribution < 1.29 is 19.1 Å². The molecule has 0 atom stereocenters. The Labute approximate surface area is 155 Å². The summed E-state index contributed by atoms with van der Waals surface area (Å²) in [4.78, 5) is 38.2. The molecule has 0 aromatic rings. The molecule has 2 heterocycles. The molecular weight excluding hydrogens is 332 g/mol. The molecule has 2 amide bonds. The lowest BCUT2D eigenvalue weighted by atomic mass is 9.91. The summed E-state index contributed by atoms with van der Waals surface area (Å²) in [5.41, 5.74) is 0.810. The third-order valence-electron chi connectivity index (χ3n) is 5.05. The molecule has 0 spiro atoms. The minimum Gasteiger partial charge on any atom is -0.445 e. The molecule has 2 fully saturated rings. The smallest absolute Gasteiger partial charge is 0.410 e. The van der Waals surface area contributed by atoms with Crippen LogP contribution >= 0.6 is 0 Å². The number of piperidine rings is 1. The number of carbonyl (C=O) groups is 3. The van der Waals surface area contributed by atoms with Gasteiger partial charge in [-0.25, -0.2) is 4.79 Å². The number of hydrogen-bond acceptors (Lipinski definition) is 4. The monoisotopic (exact) mass is 360 g/mol. The van der Waals surface area contributed by atoms with Crippen LogP contribution in [0.3, 0.4) is 0 Å². The number of aldehydes is 1. The molecule has 0 unspecified atom stereocenters. The molecule has 0 N–H and O–H groups in total. The number of hydrogen-bond donors (Lipinski definition) is 0. The van der Waals surface area contributed by atoms with Crippen LogP contribution in [0.5, 0.6) is 0 Å². The van der Waals surface area contributed by atoms with Crippen LogP contribution in [-0.4, -0.2) is 60.9 Å². The van der Waals surface area contributed by atoms with Gasteiger partial charge in [0.1, 0.15) is 12.9 Å². The third-order valence-corrected chi connectivity index (χ3v) is 5.05. The minimum atomic E-state index is -0.308. The van der Waals surface area contributed by atoms with Crippen molar-refractivity contribution in [2.45, 2.75) is 25.7 Å². The van der Waals surface area contributed by atoms with E-state index in [2.05, 4.69) is 13.2 Å². The van der Waals surface area contributed by atoms with Crippen molar-refractivity contribution >= 4 is 18.3 Å². The average Bonchev–Trinajstić information content (AvgIpc) is 2.62. The molecular formula is C20H28N2O4. The topological polar surface area (TPSA) is 66.9 Å². The van der Waals surface area contributed by atoms with E-state index in [0.717, 1.165) is 31.1 Å². The Morgan fingerprint density at radius 1 is 1.12 bits per heavy atom. The van der Waals surface area contributed by atoms with Crippen molar-refractivity contribution in [1.82, 2.24) is 9.80 Å². The minimum absolute atomic E-state index is 0.0242. The van der Waals surface area contributed by atoms with E-state index in [9.17, 15) is 14.4 Å². The first-order valence-electron chi connectivity index (χ1n) is 9.16. The Bertz CT molecular complexity index is 570. The van der Waals surface area contributed by atoms with Gasteiger partial charge in [-0.15, -0.1) is 0 Å². The molecule has 2 saturated heterocycles. The van der Waals surface area contributed by atoms with Gasteiger partial charge in [0.25, 0.3) is 0 Å². The van der Waals surface area contributed by atoms with Crippen LogP contribution in [0.2, 0.25) is 0 Å². The normalized spacial score (nSPS) is 18.8. The van der Waals surface area contributed by atoms with Gasteiger partial charge in [-0.2, -0.15) is 0 Å². The van der Waals surface area contributed by atoms with Gasteiger partial charge in [0.05, 0.1) is 0 Å². The lowest BCUT2D eigenvalue weighted by Crippen LogP contribution is -2.50. The lowest BCUT2D eigenvalue weighted by molar-refractivity contribution is -0.139. The van der Waals surface area contributed by atoms with E-state index in [4.69, 9.17) is 4.74 Å². The zero-order valence-electron chi connectivity index (χ0n) is 15.3. The highest BCUT2D eigenvalue weighted by molar-refractivity contribution is 5.78. The van der Waals surface area contributed by atoms with Gasteiger partial charge in [-0.3, -0.25) is 4.79 Å². The second kappa shape index (κ2) is 9.94. The van der Waals surface area contributed by atoms with Crippen molar-refractivity contribution in [3.63, 3.8) is 0 Å². The summed E-state index contributed by atoms with van der Waals surface area (Å²) in [6.07, 6.45) is 8.79. The van der Waals surface area contributed by atoms with Crippen molar-refractivity contribution in [3.05, 3.63) is 37.0 Å². The van der Waals surface area contributed by atoms with Gasteiger partial charge in [0.2, 0.25) is 5.91 Å². The molecule has 2 rings (SSSR count). The van der Waals surface area contributed by atoms with E-state index in [1.807, 2.05) is 0 Å². The van der Waals surface area contributed by atoms with Crippen molar-refractivity contribution in [2.24, 2.45) is 11.8 Å². The zero-order chi connectivity index (χ0) is 18.9. The second-order valence-electron chi connectivity index (χ2n) is 6.90. The highest BCUT2D eigenvalue weighted by atomic mass is 16.6. The van der Waals surface area contributed by atoms with Crippen LogP contribution < -0.4 is 0 Å². The van der Waals surface area contributed by atoms with Gasteiger partial charge >= 0.3 is 6.09 Å². The van der Waals surface area contributed by atoms with Crippen LogP contribution in [0.15, 0.2) is 37.0 Å². The molecule has 0 bridgehead atoms. The maximum atomic E-state index is 12.1. The molecule has 0 aromatic heterocycles. The summed E-state index contributed by atoms with van der Waals surface area (Å²) >= 11 is 0. The fourth-order valence-electron chi connectivity index (χ4n) is 3.26. The molecule has 6 nitrogen and oxygen atoms in total. The highest BCUT2D eigenvalue weighted by Crippen LogP contribution is 2.24. The lowest BCUT2D eigenvalue weighted by Gasteiger charge is -2.37. The van der Waals surface area contributed by atoms with E-state index in [0.29, 0.717) is 38.5 Å². The summed E-state index contributed by atoms with van der Waals surface area (Å²) in [6.45, 7) is 9.94. The predicted molar refractivity (Wildman–Crippen MR) is 99.5 cm³/mol. The molecule has 142 valence electrons. The molecule has 0 aliphatic carbocycles. The Morgan fingerprint density at radius 3 is 2.38 bits per heavy atom. The van der Waals surface area contributed by atoms with Gasteiger partial charge in [0, 0.05) is 38.5 Å². The van der Waals surface area contributed by atoms with Gasteiger partial charge in [0.15, 0.2) is 0 Å². The van der Waals surface area contributed by atoms with Crippen LogP contribution in [0.4, 0.5) is 4.79 Å². The summed E-state index contributed by atoms with van der Waals surface area (Å²) in [5, 5.41) is 0. The van der Waals surface area contributed by atoms with Crippen LogP contribution in [0.1, 0.15) is 25.7 Å². The molecule has 2 aliphatic rings. The Hall–Kier alpha value is -2.37. The number of ether oxygens (including phenoxy) is 1. The van der Waals surface area contributed by atoms with E-state index in [1.54, 1.807) is 28.0 Å². The van der Waals surface area contributed by atoms with Crippen LogP contribution in [0, 0.1) is 11.8 Å². The summed E-state index contributed by atoms with van der Waals surface area (Å²) in [7, 11) is 0. The maximum absolute atomic E-state index is 12.1. The highest BCUT2D eigenvalue weighted by Gasteiger charge is 2.30. The van der Waals surface area contributed by atoms with Crippen molar-refractivity contribution in [2.75, 3.05) is 32.8 Å². The molecule has 0 radical (unpaired) electrons. The van der Waals surface area contributed by atoms with E-state index < -0.39 is 0 Å². The van der Waals surface area contributed by atoms with E-state index in [-0.39, 0.29) is 24.5 Å². The number of rotatable bonds is 8. The van der Waals surface area contributed by atoms with Gasteiger partial charge in [-0.1, -0.05) is 31.4 Å². The van der Waals surface area contributed by atoms with Crippen LogP contribution in [0.25, 0.3) is 0 Å². The Balaban J connectivity index is 1.63. The molecule has 0 saturated carbocycles. The predicted octanol–water partition coefficient (Wildman–Crippen LogP) is 2.57. The van der Waals surface area contributed by atoms with Gasteiger partial charge < -0.3 is 19.3 Å². The molecule has 0 aromatic carbocycles. The molecule has 2 aliphatic heterocycles. The summed E-state index contributed by atoms with van der Waals surface area (Å²) < 4.78 is 5.31. The van der Waals surface area contributed by atoms with Crippen molar-refractivity contribution in [1.29, 1.82) is 0 Å². The first kappa shape index (κ1) is 19.9. The molecule has 26 heavy (non-hydrogen) atoms. The summed E-state index contributed by atoms with van der Waals surface area (Å²) in [5.74, 6) is 0.613.